The Morgan fingerprint density at radius 1 is 1.32 bits per heavy atom. The molecule has 0 unspecified atom stereocenters. The number of benzene rings is 1. The highest BCUT2D eigenvalue weighted by atomic mass is 16.4. The van der Waals surface area contributed by atoms with Crippen LogP contribution in [0.1, 0.15) is 30.1 Å². The van der Waals surface area contributed by atoms with Crippen LogP contribution < -0.4 is 10.6 Å². The van der Waals surface area contributed by atoms with E-state index in [0.717, 1.165) is 18.2 Å². The second kappa shape index (κ2) is 5.63. The van der Waals surface area contributed by atoms with Gasteiger partial charge in [-0.2, -0.15) is 0 Å². The molecule has 22 heavy (non-hydrogen) atoms. The SMILES string of the molecule is C[C@H](Nc1cc(C(=O)NC2CC2)c2ccccc2n1)C(=O)O. The average Bonchev–Trinajstić information content (AvgIpc) is 3.30. The molecule has 114 valence electrons. The number of nitrogens with one attached hydrogen (secondary N) is 2. The molecule has 2 aromatic rings. The van der Waals surface area contributed by atoms with Crippen molar-refractivity contribution in [2.75, 3.05) is 5.32 Å². The number of aliphatic carboxylic acids is 1. The van der Waals surface area contributed by atoms with Gasteiger partial charge in [-0.25, -0.2) is 4.98 Å². The lowest BCUT2D eigenvalue weighted by Crippen LogP contribution is -2.28. The molecular weight excluding hydrogens is 282 g/mol. The quantitative estimate of drug-likeness (QED) is 0.785. The molecule has 0 saturated heterocycles. The maximum absolute atomic E-state index is 12.4. The zero-order valence-electron chi connectivity index (χ0n) is 12.2. The molecule has 3 N–H and O–H groups in total. The number of hydrogen-bond acceptors (Lipinski definition) is 4. The third kappa shape index (κ3) is 3.00. The molecule has 1 saturated carbocycles. The molecular formula is C16H17N3O3. The molecule has 1 aromatic heterocycles. The standard InChI is InChI=1S/C16H17N3O3/c1-9(16(21)22)17-14-8-12(15(20)18-10-6-7-10)11-4-2-3-5-13(11)19-14/h2-5,8-10H,6-7H2,1H3,(H,17,19)(H,18,20)(H,21,22)/t9-/m0/s1. The number of carboxylic acid groups (broad SMARTS) is 1. The van der Waals surface area contributed by atoms with Gasteiger partial charge in [0, 0.05) is 11.4 Å². The minimum atomic E-state index is -0.973. The van der Waals surface area contributed by atoms with Crippen molar-refractivity contribution in [3.8, 4) is 0 Å². The largest absolute Gasteiger partial charge is 0.480 e. The van der Waals surface area contributed by atoms with Crippen molar-refractivity contribution in [1.29, 1.82) is 0 Å². The number of hydrogen-bond donors (Lipinski definition) is 3. The summed E-state index contributed by atoms with van der Waals surface area (Å²) in [6, 6.07) is 8.42. The number of nitrogens with zero attached hydrogens (tertiary/aromatic N) is 1. The highest BCUT2D eigenvalue weighted by molar-refractivity contribution is 6.07. The number of carboxylic acids is 1. The van der Waals surface area contributed by atoms with Crippen LogP contribution in [-0.2, 0) is 4.79 Å². The summed E-state index contributed by atoms with van der Waals surface area (Å²) >= 11 is 0. The van der Waals surface area contributed by atoms with E-state index in [1.807, 2.05) is 18.2 Å². The number of rotatable bonds is 5. The van der Waals surface area contributed by atoms with Crippen molar-refractivity contribution in [3.63, 3.8) is 0 Å². The van der Waals surface area contributed by atoms with E-state index in [-0.39, 0.29) is 11.9 Å². The van der Waals surface area contributed by atoms with Gasteiger partial charge < -0.3 is 15.7 Å². The smallest absolute Gasteiger partial charge is 0.325 e. The molecule has 0 aliphatic heterocycles. The fraction of sp³-hybridized carbons (Fsp3) is 0.312. The van der Waals surface area contributed by atoms with Crippen LogP contribution in [0, 0.1) is 0 Å². The van der Waals surface area contributed by atoms with Gasteiger partial charge in [-0.3, -0.25) is 9.59 Å². The van der Waals surface area contributed by atoms with Crippen LogP contribution in [-0.4, -0.2) is 34.1 Å². The summed E-state index contributed by atoms with van der Waals surface area (Å²) in [5, 5.41) is 15.5. The molecule has 3 rings (SSSR count). The maximum atomic E-state index is 12.4. The number of pyridine rings is 1. The fourth-order valence-corrected chi connectivity index (χ4v) is 2.21. The van der Waals surface area contributed by atoms with Crippen molar-refractivity contribution < 1.29 is 14.7 Å². The van der Waals surface area contributed by atoms with E-state index < -0.39 is 12.0 Å². The lowest BCUT2D eigenvalue weighted by atomic mass is 10.1. The lowest BCUT2D eigenvalue weighted by Gasteiger charge is -2.13. The van der Waals surface area contributed by atoms with Crippen LogP contribution in [0.15, 0.2) is 30.3 Å². The molecule has 6 heteroatoms. The summed E-state index contributed by atoms with van der Waals surface area (Å²) in [7, 11) is 0. The summed E-state index contributed by atoms with van der Waals surface area (Å²) in [5.41, 5.74) is 1.17. The average molecular weight is 299 g/mol. The third-order valence-electron chi connectivity index (χ3n) is 3.61. The molecule has 1 aromatic carbocycles. The topological polar surface area (TPSA) is 91.3 Å². The van der Waals surface area contributed by atoms with E-state index in [2.05, 4.69) is 15.6 Å². The van der Waals surface area contributed by atoms with E-state index in [1.54, 1.807) is 12.1 Å². The number of aromatic nitrogens is 1. The van der Waals surface area contributed by atoms with Gasteiger partial charge in [0.15, 0.2) is 0 Å². The van der Waals surface area contributed by atoms with Gasteiger partial charge in [0.25, 0.3) is 5.91 Å². The van der Waals surface area contributed by atoms with Crippen molar-refractivity contribution in [2.24, 2.45) is 0 Å². The van der Waals surface area contributed by atoms with Gasteiger partial charge in [0.1, 0.15) is 11.9 Å². The first kappa shape index (κ1) is 14.3. The number of amides is 1. The monoisotopic (exact) mass is 299 g/mol. The minimum absolute atomic E-state index is 0.146. The second-order valence-corrected chi connectivity index (χ2v) is 5.52. The van der Waals surface area contributed by atoms with Gasteiger partial charge in [-0.15, -0.1) is 0 Å². The Hall–Kier alpha value is -2.63. The Kier molecular flexibility index (Phi) is 3.66. The summed E-state index contributed by atoms with van der Waals surface area (Å²) in [5.74, 6) is -0.736. The van der Waals surface area contributed by atoms with Crippen LogP contribution in [0.4, 0.5) is 5.82 Å². The molecule has 1 fully saturated rings. The molecule has 0 spiro atoms. The van der Waals surface area contributed by atoms with Crippen LogP contribution in [0.3, 0.4) is 0 Å². The Labute approximate surface area is 127 Å². The summed E-state index contributed by atoms with van der Waals surface area (Å²) in [6.07, 6.45) is 2.02. The first-order chi connectivity index (χ1) is 10.5. The van der Waals surface area contributed by atoms with E-state index in [9.17, 15) is 9.59 Å². The highest BCUT2D eigenvalue weighted by Gasteiger charge is 2.25. The fourth-order valence-electron chi connectivity index (χ4n) is 2.21. The normalized spacial score (nSPS) is 15.3. The third-order valence-corrected chi connectivity index (χ3v) is 3.61. The van der Waals surface area contributed by atoms with Crippen molar-refractivity contribution in [3.05, 3.63) is 35.9 Å². The molecule has 0 radical (unpaired) electrons. The molecule has 1 heterocycles. The zero-order valence-corrected chi connectivity index (χ0v) is 12.2. The Balaban J connectivity index is 1.99. The lowest BCUT2D eigenvalue weighted by molar-refractivity contribution is -0.137. The van der Waals surface area contributed by atoms with Crippen molar-refractivity contribution in [1.82, 2.24) is 10.3 Å². The number of carbonyl (C=O) groups excluding carboxylic acids is 1. The molecule has 0 bridgehead atoms. The van der Waals surface area contributed by atoms with Crippen LogP contribution in [0.5, 0.6) is 0 Å². The van der Waals surface area contributed by atoms with E-state index in [1.165, 1.54) is 6.92 Å². The number of para-hydroxylation sites is 1. The molecule has 6 nitrogen and oxygen atoms in total. The van der Waals surface area contributed by atoms with E-state index >= 15 is 0 Å². The summed E-state index contributed by atoms with van der Waals surface area (Å²) in [6.45, 7) is 1.53. The van der Waals surface area contributed by atoms with E-state index in [0.29, 0.717) is 16.9 Å². The molecule has 1 amide bonds. The number of anilines is 1. The summed E-state index contributed by atoms with van der Waals surface area (Å²) in [4.78, 5) is 27.7. The Morgan fingerprint density at radius 3 is 2.73 bits per heavy atom. The van der Waals surface area contributed by atoms with Gasteiger partial charge in [-0.05, 0) is 31.9 Å². The van der Waals surface area contributed by atoms with Gasteiger partial charge >= 0.3 is 5.97 Å². The zero-order chi connectivity index (χ0) is 15.7. The van der Waals surface area contributed by atoms with Gasteiger partial charge in [0.2, 0.25) is 0 Å². The van der Waals surface area contributed by atoms with Crippen LogP contribution in [0.2, 0.25) is 0 Å². The maximum Gasteiger partial charge on any atom is 0.325 e. The summed E-state index contributed by atoms with van der Waals surface area (Å²) < 4.78 is 0. The van der Waals surface area contributed by atoms with Gasteiger partial charge in [-0.1, -0.05) is 18.2 Å². The number of fused-ring (bicyclic) bond motifs is 1. The Bertz CT molecular complexity index is 740. The van der Waals surface area contributed by atoms with Crippen molar-refractivity contribution >= 4 is 28.6 Å². The first-order valence-electron chi connectivity index (χ1n) is 7.24. The van der Waals surface area contributed by atoms with Crippen LogP contribution in [0.25, 0.3) is 10.9 Å². The van der Waals surface area contributed by atoms with Crippen LogP contribution >= 0.6 is 0 Å². The van der Waals surface area contributed by atoms with Crippen molar-refractivity contribution in [2.45, 2.75) is 31.8 Å². The number of carbonyl (C=O) groups is 2. The minimum Gasteiger partial charge on any atom is -0.480 e. The highest BCUT2D eigenvalue weighted by Crippen LogP contribution is 2.24. The molecule has 1 atom stereocenters. The second-order valence-electron chi connectivity index (χ2n) is 5.52. The van der Waals surface area contributed by atoms with Gasteiger partial charge in [0.05, 0.1) is 11.1 Å². The molecule has 1 aliphatic rings. The predicted octanol–water partition coefficient (Wildman–Crippen LogP) is 2.01. The Morgan fingerprint density at radius 2 is 2.05 bits per heavy atom. The predicted molar refractivity (Wildman–Crippen MR) is 83.0 cm³/mol. The first-order valence-corrected chi connectivity index (χ1v) is 7.24. The van der Waals surface area contributed by atoms with E-state index in [4.69, 9.17) is 5.11 Å². The molecule has 1 aliphatic carbocycles.